The molecule has 1 saturated carbocycles. The third-order valence-corrected chi connectivity index (χ3v) is 7.93. The van der Waals surface area contributed by atoms with Crippen LogP contribution in [0.5, 0.6) is 0 Å². The molecule has 26 heavy (non-hydrogen) atoms. The molecule has 2 aromatic rings. The number of benzene rings is 2. The van der Waals surface area contributed by atoms with Crippen molar-refractivity contribution in [2.45, 2.75) is 42.3 Å². The summed E-state index contributed by atoms with van der Waals surface area (Å²) < 4.78 is 28.4. The quantitative estimate of drug-likeness (QED) is 0.819. The van der Waals surface area contributed by atoms with Gasteiger partial charge in [0.25, 0.3) is 0 Å². The van der Waals surface area contributed by atoms with Crippen LogP contribution in [0.25, 0.3) is 0 Å². The second kappa shape index (κ2) is 6.80. The second-order valence-electron chi connectivity index (χ2n) is 6.98. The Morgan fingerprint density at radius 2 is 1.50 bits per heavy atom. The molecule has 2 bridgehead atoms. The van der Waals surface area contributed by atoms with Crippen molar-refractivity contribution in [1.29, 1.82) is 0 Å². The molecule has 3 aliphatic rings. The van der Waals surface area contributed by atoms with Crippen LogP contribution in [0.2, 0.25) is 10.0 Å². The molecule has 0 spiro atoms. The summed E-state index contributed by atoms with van der Waals surface area (Å²) in [6, 6.07) is 12.9. The van der Waals surface area contributed by atoms with Crippen molar-refractivity contribution in [3.8, 4) is 0 Å². The third-order valence-electron chi connectivity index (χ3n) is 5.48. The average Bonchev–Trinajstić information content (AvgIpc) is 2.62. The van der Waals surface area contributed by atoms with Gasteiger partial charge >= 0.3 is 0 Å². The molecule has 2 saturated heterocycles. The van der Waals surface area contributed by atoms with E-state index in [1.807, 2.05) is 12.1 Å². The van der Waals surface area contributed by atoms with Gasteiger partial charge in [0, 0.05) is 22.0 Å². The minimum Gasteiger partial charge on any atom is -0.393 e. The first-order valence-corrected chi connectivity index (χ1v) is 10.8. The summed E-state index contributed by atoms with van der Waals surface area (Å²) in [6.45, 7) is 0. The summed E-state index contributed by atoms with van der Waals surface area (Å²) in [6.07, 6.45) is 1.55. The number of fused-ring (bicyclic) bond motifs is 3. The van der Waals surface area contributed by atoms with Gasteiger partial charge in [-0.3, -0.25) is 0 Å². The van der Waals surface area contributed by atoms with Crippen LogP contribution in [0.3, 0.4) is 0 Å². The largest absolute Gasteiger partial charge is 0.393 e. The van der Waals surface area contributed by atoms with Crippen LogP contribution < -0.4 is 0 Å². The summed E-state index contributed by atoms with van der Waals surface area (Å²) in [5.74, 6) is -0.122. The highest BCUT2D eigenvalue weighted by Gasteiger charge is 2.52. The zero-order valence-electron chi connectivity index (χ0n) is 13.9. The molecule has 0 amide bonds. The van der Waals surface area contributed by atoms with Crippen LogP contribution in [0, 0.1) is 5.92 Å². The Morgan fingerprint density at radius 1 is 0.923 bits per heavy atom. The molecular weight excluding hydrogens is 393 g/mol. The van der Waals surface area contributed by atoms with E-state index in [-0.39, 0.29) is 16.9 Å². The fraction of sp³-hybridized carbons (Fsp3) is 0.368. The lowest BCUT2D eigenvalue weighted by molar-refractivity contribution is -0.0537. The molecule has 0 radical (unpaired) electrons. The molecule has 1 N–H and O–H groups in total. The van der Waals surface area contributed by atoms with Gasteiger partial charge < -0.3 is 5.11 Å². The van der Waals surface area contributed by atoms with Gasteiger partial charge in [0.2, 0.25) is 10.0 Å². The van der Waals surface area contributed by atoms with E-state index in [0.717, 1.165) is 18.4 Å². The van der Waals surface area contributed by atoms with E-state index in [1.54, 1.807) is 28.6 Å². The molecule has 0 aromatic heterocycles. The Hall–Kier alpha value is -1.11. The summed E-state index contributed by atoms with van der Waals surface area (Å²) in [4.78, 5) is 0.225. The van der Waals surface area contributed by atoms with Gasteiger partial charge in [0.05, 0.1) is 17.0 Å². The van der Waals surface area contributed by atoms with Gasteiger partial charge in [-0.05, 0) is 61.2 Å². The maximum absolute atomic E-state index is 13.4. The Bertz CT molecular complexity index is 899. The van der Waals surface area contributed by atoms with Crippen molar-refractivity contribution in [3.63, 3.8) is 0 Å². The van der Waals surface area contributed by atoms with E-state index in [2.05, 4.69) is 0 Å². The number of rotatable bonds is 3. The average molecular weight is 412 g/mol. The van der Waals surface area contributed by atoms with Crippen LogP contribution in [-0.4, -0.2) is 30.0 Å². The first-order valence-electron chi connectivity index (χ1n) is 8.60. The number of piperidine rings is 2. The van der Waals surface area contributed by atoms with Crippen molar-refractivity contribution < 1.29 is 13.5 Å². The minimum atomic E-state index is -3.71. The summed E-state index contributed by atoms with van der Waals surface area (Å²) >= 11 is 11.9. The van der Waals surface area contributed by atoms with Gasteiger partial charge in [-0.25, -0.2) is 8.42 Å². The van der Waals surface area contributed by atoms with Crippen LogP contribution in [0.4, 0.5) is 0 Å². The molecule has 2 aromatic carbocycles. The zero-order chi connectivity index (χ0) is 18.5. The van der Waals surface area contributed by atoms with Crippen molar-refractivity contribution in [2.75, 3.05) is 0 Å². The van der Waals surface area contributed by atoms with Gasteiger partial charge in [-0.2, -0.15) is 4.31 Å². The fourth-order valence-corrected chi connectivity index (χ4v) is 6.43. The molecule has 138 valence electrons. The molecule has 2 heterocycles. The lowest BCUT2D eigenvalue weighted by Crippen LogP contribution is -2.57. The molecule has 5 rings (SSSR count). The second-order valence-corrected chi connectivity index (χ2v) is 9.70. The van der Waals surface area contributed by atoms with E-state index in [4.69, 9.17) is 23.2 Å². The lowest BCUT2D eigenvalue weighted by atomic mass is 9.72. The number of halogens is 2. The molecule has 4 atom stereocenters. The van der Waals surface area contributed by atoms with Crippen LogP contribution in [-0.2, 0) is 10.0 Å². The summed E-state index contributed by atoms with van der Waals surface area (Å²) in [5.41, 5.74) is 0.861. The molecule has 4 nitrogen and oxygen atoms in total. The van der Waals surface area contributed by atoms with E-state index in [0.29, 0.717) is 16.5 Å². The van der Waals surface area contributed by atoms with Crippen LogP contribution in [0.15, 0.2) is 53.4 Å². The molecule has 7 heteroatoms. The third kappa shape index (κ3) is 3.06. The number of hydrogen-bond donors (Lipinski definition) is 1. The highest BCUT2D eigenvalue weighted by molar-refractivity contribution is 7.89. The van der Waals surface area contributed by atoms with Gasteiger partial charge in [0.15, 0.2) is 0 Å². The highest BCUT2D eigenvalue weighted by Crippen LogP contribution is 2.50. The Labute approximate surface area is 163 Å². The maximum atomic E-state index is 13.4. The zero-order valence-corrected chi connectivity index (χ0v) is 16.3. The first kappa shape index (κ1) is 18.3. The molecule has 0 unspecified atom stereocenters. The highest BCUT2D eigenvalue weighted by atomic mass is 35.5. The topological polar surface area (TPSA) is 57.6 Å². The molecule has 2 aliphatic heterocycles. The maximum Gasteiger partial charge on any atom is 0.243 e. The standard InChI is InChI=1S/C19H19Cl2NO3S/c20-13-3-1-12(2-4-13)19-17-10-7-15(11-18(17)23)22(19)26(24,25)16-8-5-14(21)6-9-16/h1-6,8-9,15,17-19,23H,7,10-11H2/t15-,17+,18-,19+/m0/s1. The number of hydrogen-bond acceptors (Lipinski definition) is 3. The smallest absolute Gasteiger partial charge is 0.243 e. The summed E-state index contributed by atoms with van der Waals surface area (Å²) in [7, 11) is -3.71. The van der Waals surface area contributed by atoms with Crippen molar-refractivity contribution >= 4 is 33.2 Å². The lowest BCUT2D eigenvalue weighted by Gasteiger charge is -2.52. The SMILES string of the molecule is O=S(=O)(c1ccc(Cl)cc1)N1[C@H]2CC[C@@H]([C@H]1c1ccc(Cl)cc1)[C@@H](O)C2. The van der Waals surface area contributed by atoms with Gasteiger partial charge in [-0.15, -0.1) is 0 Å². The number of nitrogens with zero attached hydrogens (tertiary/aromatic N) is 1. The minimum absolute atomic E-state index is 0.122. The van der Waals surface area contributed by atoms with Crippen LogP contribution >= 0.6 is 23.2 Å². The van der Waals surface area contributed by atoms with Crippen LogP contribution in [0.1, 0.15) is 30.9 Å². The van der Waals surface area contributed by atoms with E-state index < -0.39 is 22.2 Å². The number of sulfonamides is 1. The predicted molar refractivity (Wildman–Crippen MR) is 102 cm³/mol. The number of aliphatic hydroxyl groups is 1. The Kier molecular flexibility index (Phi) is 4.78. The molecular formula is C19H19Cl2NO3S. The van der Waals surface area contributed by atoms with Gasteiger partial charge in [-0.1, -0.05) is 35.3 Å². The predicted octanol–water partition coefficient (Wildman–Crippen LogP) is 4.27. The van der Waals surface area contributed by atoms with Crippen molar-refractivity contribution in [1.82, 2.24) is 4.31 Å². The number of aliphatic hydroxyl groups excluding tert-OH is 1. The van der Waals surface area contributed by atoms with Gasteiger partial charge in [0.1, 0.15) is 0 Å². The molecule has 3 fully saturated rings. The molecule has 1 aliphatic carbocycles. The van der Waals surface area contributed by atoms with E-state index in [1.165, 1.54) is 12.1 Å². The first-order chi connectivity index (χ1) is 12.4. The van der Waals surface area contributed by atoms with E-state index in [9.17, 15) is 13.5 Å². The summed E-state index contributed by atoms with van der Waals surface area (Å²) in [5, 5.41) is 11.6. The monoisotopic (exact) mass is 411 g/mol. The Morgan fingerprint density at radius 3 is 2.08 bits per heavy atom. The fourth-order valence-electron chi connectivity index (χ4n) is 4.29. The van der Waals surface area contributed by atoms with Crippen molar-refractivity contribution in [2.24, 2.45) is 5.92 Å². The van der Waals surface area contributed by atoms with E-state index >= 15 is 0 Å². The normalized spacial score (nSPS) is 29.0. The Balaban J connectivity index is 1.81. The van der Waals surface area contributed by atoms with Crippen molar-refractivity contribution in [3.05, 3.63) is 64.1 Å².